The highest BCUT2D eigenvalue weighted by Crippen LogP contribution is 2.40. The molecule has 0 fully saturated rings. The number of methoxy groups -OCH3 is 1. The third kappa shape index (κ3) is 4.21. The molecule has 2 aromatic carbocycles. The van der Waals surface area contributed by atoms with Crippen molar-refractivity contribution < 1.29 is 4.74 Å². The number of hydrogen-bond acceptors (Lipinski definition) is 6. The van der Waals surface area contributed by atoms with E-state index in [4.69, 9.17) is 14.7 Å². The van der Waals surface area contributed by atoms with Crippen molar-refractivity contribution in [1.29, 1.82) is 0 Å². The van der Waals surface area contributed by atoms with E-state index in [0.717, 1.165) is 72.5 Å². The van der Waals surface area contributed by atoms with Crippen LogP contribution in [0.25, 0.3) is 33.7 Å². The highest BCUT2D eigenvalue weighted by molar-refractivity contribution is 5.81. The summed E-state index contributed by atoms with van der Waals surface area (Å²) in [4.78, 5) is 10.2. The summed E-state index contributed by atoms with van der Waals surface area (Å²) >= 11 is 0. The third-order valence-electron chi connectivity index (χ3n) is 7.39. The maximum atomic E-state index is 5.26. The van der Waals surface area contributed by atoms with Gasteiger partial charge >= 0.3 is 0 Å². The fourth-order valence-electron chi connectivity index (χ4n) is 5.67. The normalized spacial score (nSPS) is 14.9. The molecule has 6 rings (SSSR count). The fraction of sp³-hybridized carbons (Fsp3) is 0.345. The van der Waals surface area contributed by atoms with Crippen LogP contribution in [-0.2, 0) is 24.0 Å². The second-order valence-electron chi connectivity index (χ2n) is 9.70. The highest BCUT2D eigenvalue weighted by atomic mass is 16.5. The molecule has 0 saturated carbocycles. The van der Waals surface area contributed by atoms with Gasteiger partial charge in [0.15, 0.2) is 5.65 Å². The van der Waals surface area contributed by atoms with E-state index in [1.807, 2.05) is 12.1 Å². The molecule has 5 aromatic rings. The number of aromatic nitrogens is 7. The molecule has 1 aliphatic carbocycles. The lowest BCUT2D eigenvalue weighted by atomic mass is 9.96. The number of rotatable bonds is 8. The zero-order chi connectivity index (χ0) is 25.4. The third-order valence-corrected chi connectivity index (χ3v) is 7.39. The zero-order valence-corrected chi connectivity index (χ0v) is 21.5. The van der Waals surface area contributed by atoms with Gasteiger partial charge in [-0.15, -0.1) is 10.2 Å². The quantitative estimate of drug-likeness (QED) is 0.296. The highest BCUT2D eigenvalue weighted by Gasteiger charge is 2.29. The van der Waals surface area contributed by atoms with Crippen LogP contribution in [0.5, 0.6) is 0 Å². The lowest BCUT2D eigenvalue weighted by Crippen LogP contribution is -2.12. The van der Waals surface area contributed by atoms with Gasteiger partial charge in [-0.25, -0.2) is 9.97 Å². The van der Waals surface area contributed by atoms with Crippen LogP contribution in [0, 0.1) is 6.92 Å². The standard InChI is InChI=1S/C29H31N7O/c1-4-26-31-27-18(2)16-21(8-7-15-37-3)30-29(27)36(26)25-14-12-20-17-19(11-13-23(20)25)22-9-5-6-10-24(22)28-32-34-35-33-28/h5-6,9-11,13,16-17,25H,4,7-8,12,14-15H2,1-3H3,(H,32,33,34,35)/t25-/m0/s1. The van der Waals surface area contributed by atoms with Crippen molar-refractivity contribution in [2.24, 2.45) is 0 Å². The summed E-state index contributed by atoms with van der Waals surface area (Å²) in [5, 5.41) is 14.7. The van der Waals surface area contributed by atoms with Crippen LogP contribution in [0.2, 0.25) is 0 Å². The van der Waals surface area contributed by atoms with Gasteiger partial charge in [-0.2, -0.15) is 5.21 Å². The first kappa shape index (κ1) is 23.5. The van der Waals surface area contributed by atoms with Gasteiger partial charge in [0.1, 0.15) is 11.3 Å². The minimum absolute atomic E-state index is 0.234. The molecule has 3 heterocycles. The van der Waals surface area contributed by atoms with Crippen molar-refractivity contribution in [2.75, 3.05) is 13.7 Å². The molecule has 0 bridgehead atoms. The van der Waals surface area contributed by atoms with E-state index in [-0.39, 0.29) is 6.04 Å². The first-order valence-corrected chi connectivity index (χ1v) is 13.0. The van der Waals surface area contributed by atoms with Crippen LogP contribution in [0.3, 0.4) is 0 Å². The van der Waals surface area contributed by atoms with Crippen molar-refractivity contribution in [1.82, 2.24) is 35.2 Å². The molecule has 8 heteroatoms. The van der Waals surface area contributed by atoms with Crippen LogP contribution in [0.4, 0.5) is 0 Å². The summed E-state index contributed by atoms with van der Waals surface area (Å²) in [7, 11) is 1.75. The van der Waals surface area contributed by atoms with Crippen LogP contribution in [-0.4, -0.2) is 48.9 Å². The Morgan fingerprint density at radius 2 is 1.95 bits per heavy atom. The predicted octanol–water partition coefficient (Wildman–Crippen LogP) is 5.26. The van der Waals surface area contributed by atoms with Crippen molar-refractivity contribution >= 4 is 11.2 Å². The van der Waals surface area contributed by atoms with Crippen LogP contribution in [0.1, 0.15) is 54.0 Å². The Morgan fingerprint density at radius 1 is 1.08 bits per heavy atom. The molecule has 0 radical (unpaired) electrons. The summed E-state index contributed by atoms with van der Waals surface area (Å²) in [6.45, 7) is 5.07. The smallest absolute Gasteiger partial charge is 0.205 e. The van der Waals surface area contributed by atoms with Crippen LogP contribution >= 0.6 is 0 Å². The monoisotopic (exact) mass is 493 g/mol. The summed E-state index contributed by atoms with van der Waals surface area (Å²) in [5.41, 5.74) is 10.3. The van der Waals surface area contributed by atoms with Crippen LogP contribution in [0.15, 0.2) is 48.5 Å². The number of H-pyrrole nitrogens is 1. The molecule has 1 aliphatic rings. The number of tetrazole rings is 1. The zero-order valence-electron chi connectivity index (χ0n) is 21.5. The van der Waals surface area contributed by atoms with Crippen molar-refractivity contribution in [3.05, 3.63) is 76.7 Å². The van der Waals surface area contributed by atoms with E-state index >= 15 is 0 Å². The van der Waals surface area contributed by atoms with Gasteiger partial charge in [0, 0.05) is 31.4 Å². The predicted molar refractivity (Wildman–Crippen MR) is 143 cm³/mol. The minimum Gasteiger partial charge on any atom is -0.385 e. The molecule has 3 aromatic heterocycles. The summed E-state index contributed by atoms with van der Waals surface area (Å²) in [5.74, 6) is 1.71. The molecule has 188 valence electrons. The Bertz CT molecular complexity index is 1550. The van der Waals surface area contributed by atoms with Crippen molar-refractivity contribution in [2.45, 2.75) is 52.0 Å². The topological polar surface area (TPSA) is 94.4 Å². The maximum absolute atomic E-state index is 5.26. The minimum atomic E-state index is 0.234. The number of aryl methyl sites for hydroxylation is 4. The molecule has 8 nitrogen and oxygen atoms in total. The van der Waals surface area contributed by atoms with Gasteiger partial charge in [0.25, 0.3) is 0 Å². The second-order valence-corrected chi connectivity index (χ2v) is 9.70. The average molecular weight is 494 g/mol. The molecular weight excluding hydrogens is 462 g/mol. The molecule has 0 saturated heterocycles. The largest absolute Gasteiger partial charge is 0.385 e. The van der Waals surface area contributed by atoms with E-state index in [9.17, 15) is 0 Å². The van der Waals surface area contributed by atoms with E-state index in [2.05, 4.69) is 75.4 Å². The van der Waals surface area contributed by atoms with Gasteiger partial charge in [-0.05, 0) is 71.7 Å². The van der Waals surface area contributed by atoms with E-state index < -0.39 is 0 Å². The van der Waals surface area contributed by atoms with Gasteiger partial charge in [-0.3, -0.25) is 0 Å². The Balaban J connectivity index is 1.40. The molecule has 0 amide bonds. The maximum Gasteiger partial charge on any atom is 0.205 e. The van der Waals surface area contributed by atoms with Gasteiger partial charge in [0.05, 0.1) is 6.04 Å². The van der Waals surface area contributed by atoms with Crippen LogP contribution < -0.4 is 0 Å². The number of aromatic amines is 1. The Kier molecular flexibility index (Phi) is 6.26. The summed E-state index contributed by atoms with van der Waals surface area (Å²) in [6.07, 6.45) is 4.80. The fourth-order valence-corrected chi connectivity index (χ4v) is 5.67. The van der Waals surface area contributed by atoms with E-state index in [1.54, 1.807) is 7.11 Å². The molecule has 1 atom stereocenters. The molecule has 37 heavy (non-hydrogen) atoms. The van der Waals surface area contributed by atoms with Crippen molar-refractivity contribution in [3.63, 3.8) is 0 Å². The van der Waals surface area contributed by atoms with Crippen molar-refractivity contribution in [3.8, 4) is 22.5 Å². The number of nitrogens with zero attached hydrogens (tertiary/aromatic N) is 6. The lowest BCUT2D eigenvalue weighted by molar-refractivity contribution is 0.195. The molecule has 1 N–H and O–H groups in total. The Labute approximate surface area is 216 Å². The Morgan fingerprint density at radius 3 is 2.73 bits per heavy atom. The lowest BCUT2D eigenvalue weighted by Gasteiger charge is -2.18. The molecular formula is C29H31N7O. The average Bonchev–Trinajstić information content (AvgIpc) is 3.67. The number of hydrogen-bond donors (Lipinski definition) is 1. The second kappa shape index (κ2) is 9.86. The number of ether oxygens (including phenoxy) is 1. The van der Waals surface area contributed by atoms with E-state index in [0.29, 0.717) is 5.82 Å². The number of nitrogens with one attached hydrogen (secondary N) is 1. The molecule has 0 aliphatic heterocycles. The number of fused-ring (bicyclic) bond motifs is 2. The SMILES string of the molecule is CCc1nc2c(C)cc(CCCOC)nc2n1[C@H]1CCc2cc(-c3ccccc3-c3nn[nH]n3)ccc21. The van der Waals surface area contributed by atoms with Gasteiger partial charge < -0.3 is 9.30 Å². The summed E-state index contributed by atoms with van der Waals surface area (Å²) < 4.78 is 7.66. The number of imidazole rings is 1. The Hall–Kier alpha value is -3.91. The summed E-state index contributed by atoms with van der Waals surface area (Å²) in [6, 6.07) is 17.5. The first-order valence-electron chi connectivity index (χ1n) is 13.0. The first-order chi connectivity index (χ1) is 18.2. The van der Waals surface area contributed by atoms with Gasteiger partial charge in [0.2, 0.25) is 5.82 Å². The number of pyridine rings is 1. The number of benzene rings is 2. The van der Waals surface area contributed by atoms with Gasteiger partial charge in [-0.1, -0.05) is 49.4 Å². The molecule has 0 unspecified atom stereocenters. The van der Waals surface area contributed by atoms with E-state index in [1.165, 1.54) is 22.3 Å². The molecule has 0 spiro atoms.